The summed E-state index contributed by atoms with van der Waals surface area (Å²) in [5.74, 6) is 1.10. The molecule has 0 fully saturated rings. The summed E-state index contributed by atoms with van der Waals surface area (Å²) in [7, 11) is 3.17. The third-order valence-corrected chi connectivity index (χ3v) is 4.09. The van der Waals surface area contributed by atoms with Gasteiger partial charge in [0.05, 0.1) is 14.2 Å². The van der Waals surface area contributed by atoms with Crippen molar-refractivity contribution in [1.29, 1.82) is 0 Å². The van der Waals surface area contributed by atoms with E-state index in [-0.39, 0.29) is 5.91 Å². The minimum Gasteiger partial charge on any atom is -0.497 e. The molecule has 0 aliphatic rings. The summed E-state index contributed by atoms with van der Waals surface area (Å²) in [6, 6.07) is 14.5. The van der Waals surface area contributed by atoms with E-state index in [0.29, 0.717) is 27.8 Å². The average Bonchev–Trinajstić information content (AvgIpc) is 3.12. The standard InChI is InChI=1S/C17H15N3O3S/c1-22-13-7-3-5-11(9-13)15-16(24-20-19-15)17(21)18-12-6-4-8-14(10-12)23-2/h3-10H,1-2H3,(H,18,21). The SMILES string of the molecule is COc1cccc(NC(=O)c2snnc2-c2cccc(OC)c2)c1. The van der Waals surface area contributed by atoms with E-state index in [0.717, 1.165) is 17.1 Å². The lowest BCUT2D eigenvalue weighted by molar-refractivity contribution is 0.103. The number of benzene rings is 2. The largest absolute Gasteiger partial charge is 0.497 e. The number of hydrogen-bond acceptors (Lipinski definition) is 6. The van der Waals surface area contributed by atoms with Crippen molar-refractivity contribution < 1.29 is 14.3 Å². The van der Waals surface area contributed by atoms with Gasteiger partial charge in [-0.25, -0.2) is 0 Å². The summed E-state index contributed by atoms with van der Waals surface area (Å²) in [5, 5.41) is 6.92. The molecule has 6 nitrogen and oxygen atoms in total. The highest BCUT2D eigenvalue weighted by molar-refractivity contribution is 7.08. The van der Waals surface area contributed by atoms with Crippen molar-refractivity contribution in [3.63, 3.8) is 0 Å². The fraction of sp³-hybridized carbons (Fsp3) is 0.118. The van der Waals surface area contributed by atoms with Crippen LogP contribution in [0.5, 0.6) is 11.5 Å². The predicted octanol–water partition coefficient (Wildman–Crippen LogP) is 3.47. The Morgan fingerprint density at radius 1 is 1.04 bits per heavy atom. The predicted molar refractivity (Wildman–Crippen MR) is 92.8 cm³/mol. The van der Waals surface area contributed by atoms with E-state index in [1.54, 1.807) is 26.4 Å². The summed E-state index contributed by atoms with van der Waals surface area (Å²) in [5.41, 5.74) is 1.95. The molecular formula is C17H15N3O3S. The fourth-order valence-electron chi connectivity index (χ4n) is 2.19. The maximum atomic E-state index is 12.6. The van der Waals surface area contributed by atoms with Crippen LogP contribution in [0.3, 0.4) is 0 Å². The highest BCUT2D eigenvalue weighted by atomic mass is 32.1. The normalized spacial score (nSPS) is 10.2. The molecule has 0 unspecified atom stereocenters. The molecule has 1 aromatic heterocycles. The van der Waals surface area contributed by atoms with Crippen LogP contribution in [0.1, 0.15) is 9.67 Å². The Kier molecular flexibility index (Phi) is 4.72. The van der Waals surface area contributed by atoms with E-state index >= 15 is 0 Å². The van der Waals surface area contributed by atoms with E-state index in [9.17, 15) is 4.79 Å². The molecule has 0 spiro atoms. The van der Waals surface area contributed by atoms with Crippen LogP contribution in [0.25, 0.3) is 11.3 Å². The number of amides is 1. The number of hydrogen-bond donors (Lipinski definition) is 1. The zero-order valence-electron chi connectivity index (χ0n) is 13.1. The molecule has 0 aliphatic carbocycles. The molecule has 0 saturated heterocycles. The molecule has 0 atom stereocenters. The third kappa shape index (κ3) is 3.36. The summed E-state index contributed by atoms with van der Waals surface area (Å²) in [6.07, 6.45) is 0. The van der Waals surface area contributed by atoms with Crippen molar-refractivity contribution in [3.8, 4) is 22.8 Å². The monoisotopic (exact) mass is 341 g/mol. The number of rotatable bonds is 5. The molecule has 0 aliphatic heterocycles. The van der Waals surface area contributed by atoms with Crippen LogP contribution in [-0.4, -0.2) is 29.7 Å². The molecule has 0 saturated carbocycles. The lowest BCUT2D eigenvalue weighted by Gasteiger charge is -2.07. The van der Waals surface area contributed by atoms with Crippen LogP contribution in [0.15, 0.2) is 48.5 Å². The molecule has 2 aromatic carbocycles. The van der Waals surface area contributed by atoms with Crippen molar-refractivity contribution >= 4 is 23.1 Å². The van der Waals surface area contributed by atoms with Gasteiger partial charge in [0.25, 0.3) is 5.91 Å². The number of ether oxygens (including phenoxy) is 2. The Balaban J connectivity index is 1.87. The van der Waals surface area contributed by atoms with E-state index in [1.165, 1.54) is 0 Å². The van der Waals surface area contributed by atoms with Crippen molar-refractivity contribution in [1.82, 2.24) is 9.59 Å². The minimum atomic E-state index is -0.268. The lowest BCUT2D eigenvalue weighted by atomic mass is 10.1. The van der Waals surface area contributed by atoms with Gasteiger partial charge in [0.1, 0.15) is 22.1 Å². The molecule has 0 bridgehead atoms. The Hall–Kier alpha value is -2.93. The lowest BCUT2D eigenvalue weighted by Crippen LogP contribution is -2.11. The molecular weight excluding hydrogens is 326 g/mol. The van der Waals surface area contributed by atoms with Gasteiger partial charge in [-0.15, -0.1) is 5.10 Å². The molecule has 1 heterocycles. The van der Waals surface area contributed by atoms with Crippen LogP contribution in [0.4, 0.5) is 5.69 Å². The molecule has 1 N–H and O–H groups in total. The first-order valence-corrected chi connectivity index (χ1v) is 7.91. The van der Waals surface area contributed by atoms with Gasteiger partial charge >= 0.3 is 0 Å². The molecule has 24 heavy (non-hydrogen) atoms. The summed E-state index contributed by atoms with van der Waals surface area (Å²) >= 11 is 1.05. The van der Waals surface area contributed by atoms with E-state index in [4.69, 9.17) is 9.47 Å². The number of aromatic nitrogens is 2. The summed E-state index contributed by atoms with van der Waals surface area (Å²) < 4.78 is 14.3. The smallest absolute Gasteiger partial charge is 0.269 e. The van der Waals surface area contributed by atoms with Crippen molar-refractivity contribution in [2.75, 3.05) is 19.5 Å². The molecule has 0 radical (unpaired) electrons. The average molecular weight is 341 g/mol. The molecule has 122 valence electrons. The number of nitrogens with one attached hydrogen (secondary N) is 1. The first-order valence-electron chi connectivity index (χ1n) is 7.13. The van der Waals surface area contributed by atoms with Gasteiger partial charge in [-0.1, -0.05) is 22.7 Å². The summed E-state index contributed by atoms with van der Waals surface area (Å²) in [6.45, 7) is 0. The van der Waals surface area contributed by atoms with Crippen LogP contribution in [-0.2, 0) is 0 Å². The van der Waals surface area contributed by atoms with Crippen LogP contribution < -0.4 is 14.8 Å². The van der Waals surface area contributed by atoms with Gasteiger partial charge < -0.3 is 14.8 Å². The second-order valence-corrected chi connectivity index (χ2v) is 5.62. The number of nitrogens with zero attached hydrogens (tertiary/aromatic N) is 2. The van der Waals surface area contributed by atoms with Gasteiger partial charge in [-0.2, -0.15) is 0 Å². The Morgan fingerprint density at radius 2 is 1.75 bits per heavy atom. The number of carbonyl (C=O) groups excluding carboxylic acids is 1. The van der Waals surface area contributed by atoms with Gasteiger partial charge in [0, 0.05) is 17.3 Å². The number of carbonyl (C=O) groups is 1. The highest BCUT2D eigenvalue weighted by Crippen LogP contribution is 2.28. The Morgan fingerprint density at radius 3 is 2.50 bits per heavy atom. The fourth-order valence-corrected chi connectivity index (χ4v) is 2.77. The zero-order valence-corrected chi connectivity index (χ0v) is 14.0. The van der Waals surface area contributed by atoms with Gasteiger partial charge in [0.15, 0.2) is 0 Å². The van der Waals surface area contributed by atoms with E-state index in [1.807, 2.05) is 36.4 Å². The Labute approximate surface area is 143 Å². The second-order valence-electron chi connectivity index (χ2n) is 4.87. The van der Waals surface area contributed by atoms with Crippen LogP contribution in [0, 0.1) is 0 Å². The van der Waals surface area contributed by atoms with E-state index < -0.39 is 0 Å². The molecule has 7 heteroatoms. The summed E-state index contributed by atoms with van der Waals surface area (Å²) in [4.78, 5) is 13.0. The van der Waals surface area contributed by atoms with Gasteiger partial charge in [-0.05, 0) is 35.8 Å². The van der Waals surface area contributed by atoms with Crippen LogP contribution >= 0.6 is 11.5 Å². The highest BCUT2D eigenvalue weighted by Gasteiger charge is 2.18. The molecule has 1 amide bonds. The van der Waals surface area contributed by atoms with Crippen molar-refractivity contribution in [2.24, 2.45) is 0 Å². The van der Waals surface area contributed by atoms with Gasteiger partial charge in [-0.3, -0.25) is 4.79 Å². The third-order valence-electron chi connectivity index (χ3n) is 3.37. The molecule has 3 rings (SSSR count). The zero-order chi connectivity index (χ0) is 16.9. The van der Waals surface area contributed by atoms with Gasteiger partial charge in [0.2, 0.25) is 0 Å². The van der Waals surface area contributed by atoms with Crippen LogP contribution in [0.2, 0.25) is 0 Å². The first kappa shape index (κ1) is 15.9. The topological polar surface area (TPSA) is 73.3 Å². The van der Waals surface area contributed by atoms with Crippen molar-refractivity contribution in [2.45, 2.75) is 0 Å². The number of anilines is 1. The second kappa shape index (κ2) is 7.10. The minimum absolute atomic E-state index is 0.268. The maximum absolute atomic E-state index is 12.6. The molecule has 3 aromatic rings. The number of methoxy groups -OCH3 is 2. The van der Waals surface area contributed by atoms with E-state index in [2.05, 4.69) is 14.9 Å². The first-order chi connectivity index (χ1) is 11.7. The Bertz CT molecular complexity index is 864. The quantitative estimate of drug-likeness (QED) is 0.769. The maximum Gasteiger partial charge on any atom is 0.269 e. The van der Waals surface area contributed by atoms with Crippen molar-refractivity contribution in [3.05, 3.63) is 53.4 Å².